The largest absolute Gasteiger partial charge is 0.493 e. The van der Waals surface area contributed by atoms with Crippen LogP contribution in [0.4, 0.5) is 0 Å². The molecule has 2 aromatic carbocycles. The minimum Gasteiger partial charge on any atom is -0.493 e. The Kier molecular flexibility index (Phi) is 4.87. The van der Waals surface area contributed by atoms with Gasteiger partial charge in [-0.3, -0.25) is 0 Å². The molecule has 0 bridgehead atoms. The van der Waals surface area contributed by atoms with Crippen molar-refractivity contribution in [3.63, 3.8) is 0 Å². The summed E-state index contributed by atoms with van der Waals surface area (Å²) in [7, 11) is 3.16. The predicted octanol–water partition coefficient (Wildman–Crippen LogP) is 4.96. The molecule has 3 aromatic rings. The number of halogens is 1. The summed E-state index contributed by atoms with van der Waals surface area (Å²) in [6, 6.07) is 19.2. The number of ether oxygens (including phenoxy) is 2. The monoisotopic (exact) mass is 350 g/mol. The second kappa shape index (κ2) is 7.25. The Morgan fingerprint density at radius 3 is 2.28 bits per heavy atom. The molecule has 5 heteroatoms. The molecule has 0 aliphatic heterocycles. The molecular weight excluding hydrogens is 336 g/mol. The molecule has 0 radical (unpaired) electrons. The van der Waals surface area contributed by atoms with Crippen LogP contribution < -0.4 is 9.47 Å². The minimum atomic E-state index is 0.175. The van der Waals surface area contributed by atoms with Gasteiger partial charge in [-0.05, 0) is 29.8 Å². The van der Waals surface area contributed by atoms with Crippen LogP contribution in [0.1, 0.15) is 5.56 Å². The van der Waals surface area contributed by atoms with Crippen molar-refractivity contribution >= 4 is 11.6 Å². The van der Waals surface area contributed by atoms with Crippen LogP contribution >= 0.6 is 11.6 Å². The molecule has 0 spiro atoms. The van der Waals surface area contributed by atoms with Crippen LogP contribution in [-0.4, -0.2) is 19.2 Å². The zero-order valence-corrected chi connectivity index (χ0v) is 14.5. The normalized spacial score (nSPS) is 10.2. The molecule has 0 atom stereocenters. The Labute approximate surface area is 151 Å². The van der Waals surface area contributed by atoms with Crippen LogP contribution in [0, 0.1) is 11.3 Å². The molecule has 0 aliphatic carbocycles. The van der Waals surface area contributed by atoms with Gasteiger partial charge < -0.3 is 9.47 Å². The molecule has 25 heavy (non-hydrogen) atoms. The summed E-state index contributed by atoms with van der Waals surface area (Å²) in [6.07, 6.45) is 0. The molecule has 0 N–H and O–H groups in total. The van der Waals surface area contributed by atoms with E-state index in [4.69, 9.17) is 21.1 Å². The van der Waals surface area contributed by atoms with Crippen LogP contribution in [-0.2, 0) is 0 Å². The molecular formula is C20H15ClN2O2. The average Bonchev–Trinajstić information content (AvgIpc) is 2.67. The van der Waals surface area contributed by atoms with Gasteiger partial charge in [0.05, 0.1) is 25.5 Å². The molecule has 124 valence electrons. The predicted molar refractivity (Wildman–Crippen MR) is 97.9 cm³/mol. The third-order valence-corrected chi connectivity index (χ3v) is 4.12. The van der Waals surface area contributed by atoms with Gasteiger partial charge in [0, 0.05) is 11.1 Å². The van der Waals surface area contributed by atoms with Gasteiger partial charge in [0.2, 0.25) is 0 Å². The summed E-state index contributed by atoms with van der Waals surface area (Å²) >= 11 is 6.28. The van der Waals surface area contributed by atoms with Crippen molar-refractivity contribution in [3.8, 4) is 40.0 Å². The number of nitrogens with zero attached hydrogens (tertiary/aromatic N) is 2. The molecule has 4 nitrogen and oxygen atoms in total. The Morgan fingerprint density at radius 1 is 0.920 bits per heavy atom. The van der Waals surface area contributed by atoms with Crippen molar-refractivity contribution < 1.29 is 9.47 Å². The lowest BCUT2D eigenvalue weighted by Crippen LogP contribution is -1.95. The minimum absolute atomic E-state index is 0.175. The van der Waals surface area contributed by atoms with Gasteiger partial charge in [-0.25, -0.2) is 4.98 Å². The van der Waals surface area contributed by atoms with Crippen molar-refractivity contribution in [2.24, 2.45) is 0 Å². The smallest absolute Gasteiger partial charge is 0.161 e. The van der Waals surface area contributed by atoms with Gasteiger partial charge in [0.25, 0.3) is 0 Å². The van der Waals surface area contributed by atoms with Crippen LogP contribution in [0.3, 0.4) is 0 Å². The van der Waals surface area contributed by atoms with Gasteiger partial charge in [0.1, 0.15) is 11.2 Å². The van der Waals surface area contributed by atoms with Gasteiger partial charge in [-0.15, -0.1) is 0 Å². The highest BCUT2D eigenvalue weighted by Gasteiger charge is 2.15. The standard InChI is InChI=1S/C20H15ClN2O2/c1-24-18-9-8-14(10-19(18)25-2)17-11-15(13-6-4-3-5-7-13)16(12-22)20(21)23-17/h3-11H,1-2H3. The van der Waals surface area contributed by atoms with Gasteiger partial charge in [-0.2, -0.15) is 5.26 Å². The number of hydrogen-bond donors (Lipinski definition) is 0. The second-order valence-electron chi connectivity index (χ2n) is 5.27. The number of aromatic nitrogens is 1. The van der Waals surface area contributed by atoms with Crippen LogP contribution in [0.2, 0.25) is 5.15 Å². The first-order valence-electron chi connectivity index (χ1n) is 7.56. The van der Waals surface area contributed by atoms with E-state index >= 15 is 0 Å². The van der Waals surface area contributed by atoms with E-state index in [0.29, 0.717) is 22.8 Å². The summed E-state index contributed by atoms with van der Waals surface area (Å²) in [5.41, 5.74) is 3.49. The first kappa shape index (κ1) is 16.8. The van der Waals surface area contributed by atoms with E-state index in [0.717, 1.165) is 16.7 Å². The summed E-state index contributed by atoms with van der Waals surface area (Å²) < 4.78 is 10.6. The summed E-state index contributed by atoms with van der Waals surface area (Å²) in [5, 5.41) is 9.64. The maximum atomic E-state index is 9.46. The summed E-state index contributed by atoms with van der Waals surface area (Å²) in [5.74, 6) is 1.23. The molecule has 0 amide bonds. The van der Waals surface area contributed by atoms with E-state index in [2.05, 4.69) is 11.1 Å². The molecule has 0 saturated carbocycles. The molecule has 3 rings (SSSR count). The van der Waals surface area contributed by atoms with E-state index in [1.54, 1.807) is 14.2 Å². The third kappa shape index (κ3) is 3.28. The van der Waals surface area contributed by atoms with E-state index in [1.165, 1.54) is 0 Å². The van der Waals surface area contributed by atoms with Gasteiger partial charge in [0.15, 0.2) is 11.5 Å². The Bertz CT molecular complexity index is 950. The SMILES string of the molecule is COc1ccc(-c2cc(-c3ccccc3)c(C#N)c(Cl)n2)cc1OC. The van der Waals surface area contributed by atoms with E-state index in [1.807, 2.05) is 54.6 Å². The molecule has 0 fully saturated rings. The number of nitriles is 1. The second-order valence-corrected chi connectivity index (χ2v) is 5.63. The highest BCUT2D eigenvalue weighted by Crippen LogP contribution is 2.35. The highest BCUT2D eigenvalue weighted by atomic mass is 35.5. The zero-order chi connectivity index (χ0) is 17.8. The Hall–Kier alpha value is -3.03. The molecule has 0 saturated heterocycles. The first-order chi connectivity index (χ1) is 12.2. The van der Waals surface area contributed by atoms with Crippen LogP contribution in [0.5, 0.6) is 11.5 Å². The van der Waals surface area contributed by atoms with Gasteiger partial charge >= 0.3 is 0 Å². The van der Waals surface area contributed by atoms with E-state index in [-0.39, 0.29) is 5.15 Å². The number of rotatable bonds is 4. The van der Waals surface area contributed by atoms with Crippen LogP contribution in [0.15, 0.2) is 54.6 Å². The number of benzene rings is 2. The number of hydrogen-bond acceptors (Lipinski definition) is 4. The number of methoxy groups -OCH3 is 2. The summed E-state index contributed by atoms with van der Waals surface area (Å²) in [4.78, 5) is 4.38. The Balaban J connectivity index is 2.19. The molecule has 1 aromatic heterocycles. The van der Waals surface area contributed by atoms with Crippen molar-refractivity contribution in [2.45, 2.75) is 0 Å². The number of pyridine rings is 1. The first-order valence-corrected chi connectivity index (χ1v) is 7.94. The topological polar surface area (TPSA) is 55.1 Å². The average molecular weight is 351 g/mol. The summed E-state index contributed by atoms with van der Waals surface area (Å²) in [6.45, 7) is 0. The van der Waals surface area contributed by atoms with Crippen LogP contribution in [0.25, 0.3) is 22.4 Å². The lowest BCUT2D eigenvalue weighted by Gasteiger charge is -2.12. The molecule has 0 aliphatic rings. The van der Waals surface area contributed by atoms with Crippen molar-refractivity contribution in [1.29, 1.82) is 5.26 Å². The van der Waals surface area contributed by atoms with Crippen molar-refractivity contribution in [3.05, 3.63) is 65.3 Å². The lowest BCUT2D eigenvalue weighted by molar-refractivity contribution is 0.355. The quantitative estimate of drug-likeness (QED) is 0.624. The van der Waals surface area contributed by atoms with E-state index in [9.17, 15) is 5.26 Å². The third-order valence-electron chi connectivity index (χ3n) is 3.85. The maximum Gasteiger partial charge on any atom is 0.161 e. The Morgan fingerprint density at radius 2 is 1.64 bits per heavy atom. The lowest BCUT2D eigenvalue weighted by atomic mass is 9.99. The fraction of sp³-hybridized carbons (Fsp3) is 0.100. The molecule has 0 unspecified atom stereocenters. The fourth-order valence-corrected chi connectivity index (χ4v) is 2.84. The van der Waals surface area contributed by atoms with Crippen molar-refractivity contribution in [2.75, 3.05) is 14.2 Å². The van der Waals surface area contributed by atoms with Gasteiger partial charge in [-0.1, -0.05) is 41.9 Å². The van der Waals surface area contributed by atoms with Crippen molar-refractivity contribution in [1.82, 2.24) is 4.98 Å². The molecule has 1 heterocycles. The highest BCUT2D eigenvalue weighted by molar-refractivity contribution is 6.31. The fourth-order valence-electron chi connectivity index (χ4n) is 2.61. The van der Waals surface area contributed by atoms with E-state index < -0.39 is 0 Å². The maximum absolute atomic E-state index is 9.46. The zero-order valence-electron chi connectivity index (χ0n) is 13.8.